The maximum atomic E-state index is 5.55. The predicted molar refractivity (Wildman–Crippen MR) is 95.1 cm³/mol. The fourth-order valence-electron chi connectivity index (χ4n) is 3.96. The highest BCUT2D eigenvalue weighted by Gasteiger charge is 2.38. The van der Waals surface area contributed by atoms with Crippen LogP contribution in [0.4, 0.5) is 0 Å². The van der Waals surface area contributed by atoms with Gasteiger partial charge in [-0.15, -0.1) is 11.3 Å². The summed E-state index contributed by atoms with van der Waals surface area (Å²) < 4.78 is 5.55. The van der Waals surface area contributed by atoms with E-state index < -0.39 is 0 Å². The van der Waals surface area contributed by atoms with Gasteiger partial charge in [-0.2, -0.15) is 0 Å². The first-order valence-electron chi connectivity index (χ1n) is 8.73. The monoisotopic (exact) mass is 344 g/mol. The quantitative estimate of drug-likeness (QED) is 0.830. The van der Waals surface area contributed by atoms with Crippen molar-refractivity contribution < 1.29 is 4.74 Å². The fraction of sp³-hybridized carbons (Fsp3) is 0.556. The molecule has 128 valence electrons. The van der Waals surface area contributed by atoms with E-state index >= 15 is 0 Å². The highest BCUT2D eigenvalue weighted by atomic mass is 32.1. The lowest BCUT2D eigenvalue weighted by molar-refractivity contribution is 0.00788. The second-order valence-corrected chi connectivity index (χ2v) is 7.51. The molecule has 5 nitrogen and oxygen atoms in total. The van der Waals surface area contributed by atoms with Crippen molar-refractivity contribution in [3.05, 3.63) is 46.7 Å². The van der Waals surface area contributed by atoms with Gasteiger partial charge in [0, 0.05) is 55.7 Å². The average molecular weight is 344 g/mol. The first kappa shape index (κ1) is 16.1. The van der Waals surface area contributed by atoms with Crippen molar-refractivity contribution in [2.24, 2.45) is 0 Å². The molecule has 0 aromatic carbocycles. The van der Waals surface area contributed by atoms with Crippen molar-refractivity contribution in [1.29, 1.82) is 0 Å². The third-order valence-corrected chi connectivity index (χ3v) is 5.92. The second kappa shape index (κ2) is 7.70. The number of likely N-dealkylation sites (tertiary alicyclic amines) is 1. The molecule has 24 heavy (non-hydrogen) atoms. The van der Waals surface area contributed by atoms with Crippen molar-refractivity contribution in [1.82, 2.24) is 19.8 Å². The zero-order chi connectivity index (χ0) is 16.2. The van der Waals surface area contributed by atoms with Gasteiger partial charge in [0.1, 0.15) is 5.01 Å². The minimum Gasteiger partial charge on any atom is -0.379 e. The van der Waals surface area contributed by atoms with Crippen LogP contribution in [-0.2, 0) is 17.7 Å². The van der Waals surface area contributed by atoms with Crippen LogP contribution in [0.5, 0.6) is 0 Å². The van der Waals surface area contributed by atoms with Crippen LogP contribution < -0.4 is 0 Å². The van der Waals surface area contributed by atoms with E-state index in [1.165, 1.54) is 17.0 Å². The summed E-state index contributed by atoms with van der Waals surface area (Å²) in [5, 5.41) is 3.29. The Morgan fingerprint density at radius 1 is 1.12 bits per heavy atom. The van der Waals surface area contributed by atoms with E-state index in [1.807, 2.05) is 18.6 Å². The number of hydrogen-bond acceptors (Lipinski definition) is 6. The summed E-state index contributed by atoms with van der Waals surface area (Å²) in [6, 6.07) is 5.45. The van der Waals surface area contributed by atoms with Crippen molar-refractivity contribution in [2.45, 2.75) is 31.5 Å². The molecule has 4 rings (SSSR count). The van der Waals surface area contributed by atoms with Gasteiger partial charge in [0.25, 0.3) is 0 Å². The molecule has 2 aromatic heterocycles. The van der Waals surface area contributed by atoms with Crippen LogP contribution >= 0.6 is 11.3 Å². The zero-order valence-electron chi connectivity index (χ0n) is 13.9. The highest BCUT2D eigenvalue weighted by molar-refractivity contribution is 7.09. The molecule has 2 aliphatic rings. The standard InChI is InChI=1S/C18H24N4OS/c1-4-19-5-2-15(1)13-17-16(21-8-10-23-11-9-21)3-7-22(17)14-18-20-6-12-24-18/h1-2,4-6,12,16-17H,3,7-11,13-14H2/t16-,17+/m0/s1. The van der Waals surface area contributed by atoms with E-state index in [2.05, 4.69) is 37.3 Å². The van der Waals surface area contributed by atoms with Gasteiger partial charge in [0.15, 0.2) is 0 Å². The topological polar surface area (TPSA) is 41.5 Å². The van der Waals surface area contributed by atoms with Crippen molar-refractivity contribution >= 4 is 11.3 Å². The lowest BCUT2D eigenvalue weighted by Gasteiger charge is -2.37. The molecule has 0 bridgehead atoms. The number of morpholine rings is 1. The Morgan fingerprint density at radius 3 is 2.71 bits per heavy atom. The Hall–Kier alpha value is -1.34. The maximum Gasteiger partial charge on any atom is 0.107 e. The molecule has 6 heteroatoms. The summed E-state index contributed by atoms with van der Waals surface area (Å²) in [5.74, 6) is 0. The highest BCUT2D eigenvalue weighted by Crippen LogP contribution is 2.28. The summed E-state index contributed by atoms with van der Waals surface area (Å²) in [4.78, 5) is 13.9. The molecule has 0 unspecified atom stereocenters. The predicted octanol–water partition coefficient (Wildman–Crippen LogP) is 2.06. The van der Waals surface area contributed by atoms with Crippen molar-refractivity contribution in [3.8, 4) is 0 Å². The molecule has 2 aliphatic heterocycles. The molecule has 0 amide bonds. The Labute approximate surface area is 147 Å². The van der Waals surface area contributed by atoms with Gasteiger partial charge in [0.05, 0.1) is 19.8 Å². The molecule has 2 saturated heterocycles. The van der Waals surface area contributed by atoms with Crippen molar-refractivity contribution in [2.75, 3.05) is 32.8 Å². The van der Waals surface area contributed by atoms with Gasteiger partial charge in [-0.25, -0.2) is 4.98 Å². The van der Waals surface area contributed by atoms with Crippen LogP contribution in [0.15, 0.2) is 36.1 Å². The van der Waals surface area contributed by atoms with Crippen LogP contribution in [-0.4, -0.2) is 64.7 Å². The normalized spacial score (nSPS) is 26.0. The number of thiazole rings is 1. The van der Waals surface area contributed by atoms with Gasteiger partial charge in [-0.1, -0.05) is 0 Å². The smallest absolute Gasteiger partial charge is 0.107 e. The lowest BCUT2D eigenvalue weighted by Crippen LogP contribution is -2.50. The van der Waals surface area contributed by atoms with E-state index in [1.54, 1.807) is 11.3 Å². The third kappa shape index (κ3) is 3.67. The maximum absolute atomic E-state index is 5.55. The molecule has 0 radical (unpaired) electrons. The molecule has 0 spiro atoms. The number of rotatable bonds is 5. The Balaban J connectivity index is 1.52. The Kier molecular flexibility index (Phi) is 5.18. The van der Waals surface area contributed by atoms with Gasteiger partial charge in [-0.05, 0) is 30.5 Å². The summed E-state index contributed by atoms with van der Waals surface area (Å²) in [7, 11) is 0. The number of nitrogens with zero attached hydrogens (tertiary/aromatic N) is 4. The summed E-state index contributed by atoms with van der Waals surface area (Å²) >= 11 is 1.76. The summed E-state index contributed by atoms with van der Waals surface area (Å²) in [6.45, 7) is 5.97. The van der Waals surface area contributed by atoms with Crippen LogP contribution in [0.2, 0.25) is 0 Å². The number of ether oxygens (including phenoxy) is 1. The first-order chi connectivity index (χ1) is 11.9. The van der Waals surface area contributed by atoms with Crippen LogP contribution in [0.3, 0.4) is 0 Å². The summed E-state index contributed by atoms with van der Waals surface area (Å²) in [5.41, 5.74) is 1.37. The van der Waals surface area contributed by atoms with E-state index in [0.717, 1.165) is 45.8 Å². The van der Waals surface area contributed by atoms with E-state index in [0.29, 0.717) is 12.1 Å². The van der Waals surface area contributed by atoms with Gasteiger partial charge in [-0.3, -0.25) is 14.8 Å². The molecule has 2 aromatic rings. The Morgan fingerprint density at radius 2 is 1.96 bits per heavy atom. The summed E-state index contributed by atoms with van der Waals surface area (Å²) in [6.07, 6.45) is 8.03. The van der Waals surface area contributed by atoms with Crippen LogP contribution in [0.1, 0.15) is 17.0 Å². The molecule has 4 heterocycles. The number of aromatic nitrogens is 2. The number of hydrogen-bond donors (Lipinski definition) is 0. The van der Waals surface area contributed by atoms with Gasteiger partial charge in [0.2, 0.25) is 0 Å². The molecule has 0 N–H and O–H groups in total. The minimum absolute atomic E-state index is 0.536. The Bertz CT molecular complexity index is 615. The minimum atomic E-state index is 0.536. The number of pyridine rings is 1. The third-order valence-electron chi connectivity index (χ3n) is 5.16. The van der Waals surface area contributed by atoms with Gasteiger partial charge < -0.3 is 4.74 Å². The fourth-order valence-corrected chi connectivity index (χ4v) is 4.60. The molecular formula is C18H24N4OS. The molecule has 2 fully saturated rings. The lowest BCUT2D eigenvalue weighted by atomic mass is 9.99. The van der Waals surface area contributed by atoms with E-state index in [9.17, 15) is 0 Å². The van der Waals surface area contributed by atoms with Crippen LogP contribution in [0.25, 0.3) is 0 Å². The second-order valence-electron chi connectivity index (χ2n) is 6.53. The zero-order valence-corrected chi connectivity index (χ0v) is 14.7. The van der Waals surface area contributed by atoms with Crippen molar-refractivity contribution in [3.63, 3.8) is 0 Å². The molecule has 2 atom stereocenters. The molecular weight excluding hydrogens is 320 g/mol. The SMILES string of the molecule is c1cc(C[C@@H]2[C@@H](N3CCOCC3)CCN2Cc2nccs2)ccn1. The first-order valence-corrected chi connectivity index (χ1v) is 9.61. The van der Waals surface area contributed by atoms with E-state index in [4.69, 9.17) is 4.74 Å². The largest absolute Gasteiger partial charge is 0.379 e. The van der Waals surface area contributed by atoms with Gasteiger partial charge >= 0.3 is 0 Å². The molecule has 0 aliphatic carbocycles. The average Bonchev–Trinajstić information content (AvgIpc) is 3.28. The molecule has 0 saturated carbocycles. The van der Waals surface area contributed by atoms with Crippen LogP contribution in [0, 0.1) is 0 Å². The van der Waals surface area contributed by atoms with E-state index in [-0.39, 0.29) is 0 Å².